The molecule has 104 valence electrons. The maximum Gasteiger partial charge on any atom is 0.270 e. The Morgan fingerprint density at radius 3 is 2.76 bits per heavy atom. The Hall–Kier alpha value is -3.29. The summed E-state index contributed by atoms with van der Waals surface area (Å²) in [6.45, 7) is 0. The predicted octanol–water partition coefficient (Wildman–Crippen LogP) is 2.29. The van der Waals surface area contributed by atoms with Crippen LogP contribution in [0, 0.1) is 10.1 Å². The van der Waals surface area contributed by atoms with Gasteiger partial charge in [-0.05, 0) is 12.1 Å². The van der Waals surface area contributed by atoms with Crippen LogP contribution < -0.4 is 5.73 Å². The summed E-state index contributed by atoms with van der Waals surface area (Å²) in [6, 6.07) is 9.33. The van der Waals surface area contributed by atoms with Crippen LogP contribution in [0.3, 0.4) is 0 Å². The summed E-state index contributed by atoms with van der Waals surface area (Å²) in [5.74, 6) is 0.923. The Kier molecular flexibility index (Phi) is 3.03. The average molecular weight is 283 g/mol. The van der Waals surface area contributed by atoms with E-state index in [2.05, 4.69) is 15.1 Å². The van der Waals surface area contributed by atoms with E-state index in [1.807, 2.05) is 0 Å². The number of nitrogens with two attached hydrogens (primary N) is 1. The highest BCUT2D eigenvalue weighted by Gasteiger charge is 2.13. The van der Waals surface area contributed by atoms with E-state index in [4.69, 9.17) is 10.3 Å². The number of nitro benzene ring substituents is 1. The molecule has 8 heteroatoms. The monoisotopic (exact) mass is 283 g/mol. The Labute approximate surface area is 118 Å². The van der Waals surface area contributed by atoms with Gasteiger partial charge in [-0.1, -0.05) is 17.3 Å². The van der Waals surface area contributed by atoms with Crippen molar-refractivity contribution in [2.75, 3.05) is 5.73 Å². The molecule has 1 aromatic carbocycles. The number of hydrogen-bond acceptors (Lipinski definition) is 7. The van der Waals surface area contributed by atoms with Gasteiger partial charge in [-0.25, -0.2) is 4.98 Å². The van der Waals surface area contributed by atoms with Crippen LogP contribution in [-0.4, -0.2) is 20.0 Å². The Morgan fingerprint density at radius 2 is 2.05 bits per heavy atom. The van der Waals surface area contributed by atoms with Crippen molar-refractivity contribution in [3.05, 3.63) is 52.7 Å². The third kappa shape index (κ3) is 2.54. The van der Waals surface area contributed by atoms with Gasteiger partial charge in [0.1, 0.15) is 5.82 Å². The first-order valence-electron chi connectivity index (χ1n) is 5.94. The lowest BCUT2D eigenvalue weighted by molar-refractivity contribution is -0.384. The highest BCUT2D eigenvalue weighted by Crippen LogP contribution is 2.24. The lowest BCUT2D eigenvalue weighted by Gasteiger charge is -1.95. The second-order valence-corrected chi connectivity index (χ2v) is 4.20. The van der Waals surface area contributed by atoms with Gasteiger partial charge in [-0.3, -0.25) is 10.1 Å². The van der Waals surface area contributed by atoms with Crippen molar-refractivity contribution in [2.45, 2.75) is 0 Å². The molecule has 0 atom stereocenters. The molecule has 0 amide bonds. The Bertz CT molecular complexity index is 798. The minimum absolute atomic E-state index is 0.0343. The lowest BCUT2D eigenvalue weighted by atomic mass is 10.2. The zero-order chi connectivity index (χ0) is 14.8. The summed E-state index contributed by atoms with van der Waals surface area (Å²) in [5.41, 5.74) is 6.59. The maximum absolute atomic E-state index is 10.8. The molecule has 0 bridgehead atoms. The molecule has 0 fully saturated rings. The summed E-state index contributed by atoms with van der Waals surface area (Å²) in [6.07, 6.45) is 1.51. The molecule has 0 aliphatic carbocycles. The maximum atomic E-state index is 10.8. The van der Waals surface area contributed by atoms with E-state index < -0.39 is 4.92 Å². The standard InChI is InChI=1S/C13H9N5O3/c14-11-5-4-9(7-15-11)13-16-12(17-21-13)8-2-1-3-10(6-8)18(19)20/h1-7H,(H2,14,15). The van der Waals surface area contributed by atoms with Gasteiger partial charge in [0.2, 0.25) is 5.82 Å². The molecular weight excluding hydrogens is 274 g/mol. The second kappa shape index (κ2) is 5.00. The van der Waals surface area contributed by atoms with Crippen molar-refractivity contribution in [2.24, 2.45) is 0 Å². The molecule has 3 aromatic rings. The largest absolute Gasteiger partial charge is 0.384 e. The molecular formula is C13H9N5O3. The molecule has 21 heavy (non-hydrogen) atoms. The topological polar surface area (TPSA) is 121 Å². The Balaban J connectivity index is 1.96. The van der Waals surface area contributed by atoms with E-state index >= 15 is 0 Å². The van der Waals surface area contributed by atoms with Crippen molar-refractivity contribution < 1.29 is 9.45 Å². The molecule has 0 unspecified atom stereocenters. The highest BCUT2D eigenvalue weighted by molar-refractivity contribution is 5.62. The third-order valence-electron chi connectivity index (χ3n) is 2.77. The number of nitrogen functional groups attached to an aromatic ring is 1. The van der Waals surface area contributed by atoms with Crippen LogP contribution in [0.5, 0.6) is 0 Å². The number of rotatable bonds is 3. The summed E-state index contributed by atoms with van der Waals surface area (Å²) in [4.78, 5) is 18.4. The highest BCUT2D eigenvalue weighted by atomic mass is 16.6. The van der Waals surface area contributed by atoms with Gasteiger partial charge in [0.25, 0.3) is 11.6 Å². The number of aromatic nitrogens is 3. The fraction of sp³-hybridized carbons (Fsp3) is 0. The quantitative estimate of drug-likeness (QED) is 0.578. The van der Waals surface area contributed by atoms with Gasteiger partial charge in [0.15, 0.2) is 0 Å². The zero-order valence-electron chi connectivity index (χ0n) is 10.6. The summed E-state index contributed by atoms with van der Waals surface area (Å²) >= 11 is 0. The SMILES string of the molecule is Nc1ccc(-c2nc(-c3cccc([N+](=O)[O-])c3)no2)cn1. The van der Waals surface area contributed by atoms with E-state index in [-0.39, 0.29) is 17.4 Å². The molecule has 2 heterocycles. The second-order valence-electron chi connectivity index (χ2n) is 4.20. The van der Waals surface area contributed by atoms with Crippen LogP contribution in [0.25, 0.3) is 22.8 Å². The molecule has 8 nitrogen and oxygen atoms in total. The van der Waals surface area contributed by atoms with Crippen LogP contribution in [0.2, 0.25) is 0 Å². The summed E-state index contributed by atoms with van der Waals surface area (Å²) in [7, 11) is 0. The van der Waals surface area contributed by atoms with Crippen LogP contribution in [0.15, 0.2) is 47.1 Å². The van der Waals surface area contributed by atoms with Gasteiger partial charge >= 0.3 is 0 Å². The minimum atomic E-state index is -0.478. The normalized spacial score (nSPS) is 10.5. The molecule has 0 saturated carbocycles. The molecule has 0 saturated heterocycles. The predicted molar refractivity (Wildman–Crippen MR) is 74.0 cm³/mol. The van der Waals surface area contributed by atoms with Crippen LogP contribution in [-0.2, 0) is 0 Å². The molecule has 0 aliphatic rings. The van der Waals surface area contributed by atoms with E-state index in [1.54, 1.807) is 24.3 Å². The van der Waals surface area contributed by atoms with Crippen molar-refractivity contribution in [3.63, 3.8) is 0 Å². The number of hydrogen-bond donors (Lipinski definition) is 1. The first-order valence-corrected chi connectivity index (χ1v) is 5.94. The third-order valence-corrected chi connectivity index (χ3v) is 2.77. The molecule has 0 aliphatic heterocycles. The van der Waals surface area contributed by atoms with Gasteiger partial charge in [-0.2, -0.15) is 4.98 Å². The number of nitrogens with zero attached hydrogens (tertiary/aromatic N) is 4. The van der Waals surface area contributed by atoms with Crippen LogP contribution >= 0.6 is 0 Å². The van der Waals surface area contributed by atoms with E-state index in [1.165, 1.54) is 18.3 Å². The van der Waals surface area contributed by atoms with E-state index in [9.17, 15) is 10.1 Å². The number of pyridine rings is 1. The fourth-order valence-corrected chi connectivity index (χ4v) is 1.75. The number of non-ortho nitro benzene ring substituents is 1. The number of anilines is 1. The molecule has 0 spiro atoms. The van der Waals surface area contributed by atoms with Gasteiger partial charge < -0.3 is 10.3 Å². The van der Waals surface area contributed by atoms with Gasteiger partial charge in [0, 0.05) is 23.9 Å². The van der Waals surface area contributed by atoms with E-state index in [0.29, 0.717) is 16.9 Å². The first kappa shape index (κ1) is 12.7. The van der Waals surface area contributed by atoms with Crippen molar-refractivity contribution in [3.8, 4) is 22.8 Å². The van der Waals surface area contributed by atoms with Crippen molar-refractivity contribution >= 4 is 11.5 Å². The van der Waals surface area contributed by atoms with Gasteiger partial charge in [0.05, 0.1) is 10.5 Å². The summed E-state index contributed by atoms with van der Waals surface area (Å²) < 4.78 is 5.13. The van der Waals surface area contributed by atoms with Crippen molar-refractivity contribution in [1.29, 1.82) is 0 Å². The smallest absolute Gasteiger partial charge is 0.270 e. The molecule has 2 N–H and O–H groups in total. The first-order chi connectivity index (χ1) is 10.1. The minimum Gasteiger partial charge on any atom is -0.384 e. The lowest BCUT2D eigenvalue weighted by Crippen LogP contribution is -1.89. The fourth-order valence-electron chi connectivity index (χ4n) is 1.75. The Morgan fingerprint density at radius 1 is 1.19 bits per heavy atom. The zero-order valence-corrected chi connectivity index (χ0v) is 10.6. The number of benzene rings is 1. The molecule has 2 aromatic heterocycles. The number of nitro groups is 1. The van der Waals surface area contributed by atoms with E-state index in [0.717, 1.165) is 0 Å². The molecule has 0 radical (unpaired) electrons. The molecule has 3 rings (SSSR count). The van der Waals surface area contributed by atoms with Gasteiger partial charge in [-0.15, -0.1) is 0 Å². The van der Waals surface area contributed by atoms with Crippen molar-refractivity contribution in [1.82, 2.24) is 15.1 Å². The van der Waals surface area contributed by atoms with Crippen LogP contribution in [0.1, 0.15) is 0 Å². The summed E-state index contributed by atoms with van der Waals surface area (Å²) in [5, 5.41) is 14.6. The average Bonchev–Trinajstić information content (AvgIpc) is 2.98. The van der Waals surface area contributed by atoms with Crippen LogP contribution in [0.4, 0.5) is 11.5 Å².